The van der Waals surface area contributed by atoms with Gasteiger partial charge >= 0.3 is 5.97 Å². The normalized spacial score (nSPS) is 16.5. The molecule has 1 heterocycles. The summed E-state index contributed by atoms with van der Waals surface area (Å²) in [5.74, 6) is -0.965. The van der Waals surface area contributed by atoms with Gasteiger partial charge in [0.1, 0.15) is 11.9 Å². The zero-order chi connectivity index (χ0) is 18.7. The van der Waals surface area contributed by atoms with Gasteiger partial charge in [0.15, 0.2) is 5.78 Å². The molecule has 0 saturated heterocycles. The molecule has 0 aliphatic carbocycles. The van der Waals surface area contributed by atoms with E-state index in [1.54, 1.807) is 36.4 Å². The first-order valence-corrected chi connectivity index (χ1v) is 8.58. The molecule has 0 spiro atoms. The van der Waals surface area contributed by atoms with Crippen LogP contribution in [-0.2, 0) is 20.7 Å². The summed E-state index contributed by atoms with van der Waals surface area (Å²) in [5, 5.41) is 0.480. The average Bonchev–Trinajstić information content (AvgIpc) is 2.76. The van der Waals surface area contributed by atoms with Crippen molar-refractivity contribution in [3.8, 4) is 0 Å². The third-order valence-electron chi connectivity index (χ3n) is 4.33. The van der Waals surface area contributed by atoms with Gasteiger partial charge in [-0.2, -0.15) is 0 Å². The summed E-state index contributed by atoms with van der Waals surface area (Å²) in [6.07, 6.45) is 0.434. The molecule has 0 saturated carbocycles. The number of esters is 1. The number of ketones is 1. The predicted octanol–water partition coefficient (Wildman–Crippen LogP) is 3.76. The molecular weight excluding hydrogens is 357 g/mol. The van der Waals surface area contributed by atoms with E-state index in [4.69, 9.17) is 11.6 Å². The van der Waals surface area contributed by atoms with Crippen LogP contribution in [0.5, 0.6) is 0 Å². The van der Waals surface area contributed by atoms with Crippen molar-refractivity contribution < 1.29 is 18.7 Å². The molecule has 1 aliphatic heterocycles. The number of Topliss-reactive ketones (excluding diaryl/α,β-unsaturated/α-hetero) is 1. The van der Waals surface area contributed by atoms with Crippen LogP contribution in [0.15, 0.2) is 47.5 Å². The van der Waals surface area contributed by atoms with Crippen molar-refractivity contribution in [3.63, 3.8) is 0 Å². The summed E-state index contributed by atoms with van der Waals surface area (Å²) in [5.41, 5.74) is 2.05. The van der Waals surface area contributed by atoms with Crippen LogP contribution >= 0.6 is 11.6 Å². The Morgan fingerprint density at radius 1 is 1.27 bits per heavy atom. The molecule has 0 radical (unpaired) electrons. The van der Waals surface area contributed by atoms with Crippen molar-refractivity contribution in [2.24, 2.45) is 4.99 Å². The Bertz CT molecular complexity index is 894. The summed E-state index contributed by atoms with van der Waals surface area (Å²) in [6, 6.07) is 10.7. The van der Waals surface area contributed by atoms with Gasteiger partial charge in [0.05, 0.1) is 12.8 Å². The van der Waals surface area contributed by atoms with Crippen molar-refractivity contribution in [2.75, 3.05) is 7.11 Å². The Hall–Kier alpha value is -2.53. The molecule has 0 fully saturated rings. The van der Waals surface area contributed by atoms with Gasteiger partial charge < -0.3 is 4.74 Å². The number of nitrogens with zero attached hydrogens (tertiary/aromatic N) is 1. The zero-order valence-electron chi connectivity index (χ0n) is 14.2. The monoisotopic (exact) mass is 373 g/mol. The maximum Gasteiger partial charge on any atom is 0.305 e. The van der Waals surface area contributed by atoms with Gasteiger partial charge in [0.2, 0.25) is 0 Å². The molecule has 0 unspecified atom stereocenters. The smallest absolute Gasteiger partial charge is 0.305 e. The van der Waals surface area contributed by atoms with Crippen LogP contribution in [0, 0.1) is 5.82 Å². The number of ether oxygens (including phenoxy) is 1. The minimum Gasteiger partial charge on any atom is -0.469 e. The van der Waals surface area contributed by atoms with Crippen LogP contribution in [0.25, 0.3) is 0 Å². The second-order valence-electron chi connectivity index (χ2n) is 6.03. The summed E-state index contributed by atoms with van der Waals surface area (Å²) in [6.45, 7) is 0. The fraction of sp³-hybridized carbons (Fsp3) is 0.250. The topological polar surface area (TPSA) is 55.7 Å². The highest BCUT2D eigenvalue weighted by Crippen LogP contribution is 2.27. The minimum absolute atomic E-state index is 0.0675. The molecule has 6 heteroatoms. The van der Waals surface area contributed by atoms with Gasteiger partial charge in [-0.15, -0.1) is 0 Å². The fourth-order valence-electron chi connectivity index (χ4n) is 2.98. The molecule has 1 aliphatic rings. The van der Waals surface area contributed by atoms with E-state index >= 15 is 0 Å². The second-order valence-corrected chi connectivity index (χ2v) is 6.47. The molecule has 3 rings (SSSR count). The quantitative estimate of drug-likeness (QED) is 0.767. The van der Waals surface area contributed by atoms with E-state index in [-0.39, 0.29) is 25.0 Å². The molecule has 2 aromatic carbocycles. The van der Waals surface area contributed by atoms with Crippen LogP contribution < -0.4 is 0 Å². The fourth-order valence-corrected chi connectivity index (χ4v) is 3.15. The molecule has 26 heavy (non-hydrogen) atoms. The standard InChI is InChI=1S/C20H17ClFNO3/c1-26-19(25)9-8-17-18(24)10-12-6-7-13(21)11-15(12)20(23-17)14-4-2-3-5-16(14)22/h2-7,11,17H,8-10H2,1H3/t17-/m0/s1. The summed E-state index contributed by atoms with van der Waals surface area (Å²) in [4.78, 5) is 28.6. The number of hydrogen-bond acceptors (Lipinski definition) is 4. The van der Waals surface area contributed by atoms with Gasteiger partial charge in [-0.1, -0.05) is 29.8 Å². The van der Waals surface area contributed by atoms with E-state index in [0.29, 0.717) is 21.9 Å². The largest absolute Gasteiger partial charge is 0.469 e. The van der Waals surface area contributed by atoms with Gasteiger partial charge in [-0.05, 0) is 36.2 Å². The minimum atomic E-state index is -0.741. The van der Waals surface area contributed by atoms with E-state index in [1.807, 2.05) is 0 Å². The Balaban J connectivity index is 2.10. The van der Waals surface area contributed by atoms with E-state index < -0.39 is 17.8 Å². The second kappa shape index (κ2) is 7.79. The first kappa shape index (κ1) is 18.3. The van der Waals surface area contributed by atoms with Crippen LogP contribution in [-0.4, -0.2) is 30.6 Å². The molecule has 0 amide bonds. The molecule has 134 valence electrons. The number of benzene rings is 2. The Morgan fingerprint density at radius 3 is 2.77 bits per heavy atom. The molecule has 1 atom stereocenters. The summed E-state index contributed by atoms with van der Waals surface area (Å²) >= 11 is 6.12. The highest BCUT2D eigenvalue weighted by atomic mass is 35.5. The van der Waals surface area contributed by atoms with Crippen molar-refractivity contribution in [1.29, 1.82) is 0 Å². The summed E-state index contributed by atoms with van der Waals surface area (Å²) < 4.78 is 19.1. The first-order chi connectivity index (χ1) is 12.5. The predicted molar refractivity (Wildman–Crippen MR) is 97.2 cm³/mol. The Morgan fingerprint density at radius 2 is 2.04 bits per heavy atom. The number of rotatable bonds is 4. The third-order valence-corrected chi connectivity index (χ3v) is 4.56. The zero-order valence-corrected chi connectivity index (χ0v) is 14.9. The van der Waals surface area contributed by atoms with Crippen molar-refractivity contribution >= 4 is 29.1 Å². The van der Waals surface area contributed by atoms with Crippen molar-refractivity contribution in [2.45, 2.75) is 25.3 Å². The third kappa shape index (κ3) is 3.83. The maximum absolute atomic E-state index is 14.4. The van der Waals surface area contributed by atoms with Gasteiger partial charge in [0, 0.05) is 29.0 Å². The highest BCUT2D eigenvalue weighted by molar-refractivity contribution is 6.31. The van der Waals surface area contributed by atoms with Gasteiger partial charge in [-0.3, -0.25) is 14.6 Å². The highest BCUT2D eigenvalue weighted by Gasteiger charge is 2.27. The number of hydrogen-bond donors (Lipinski definition) is 0. The number of halogens is 2. The van der Waals surface area contributed by atoms with E-state index in [1.165, 1.54) is 13.2 Å². The van der Waals surface area contributed by atoms with Gasteiger partial charge in [0.25, 0.3) is 0 Å². The van der Waals surface area contributed by atoms with Crippen LogP contribution in [0.1, 0.15) is 29.5 Å². The lowest BCUT2D eigenvalue weighted by molar-refractivity contribution is -0.140. The Kier molecular flexibility index (Phi) is 5.47. The molecule has 2 aromatic rings. The lowest BCUT2D eigenvalue weighted by Gasteiger charge is -2.12. The first-order valence-electron chi connectivity index (χ1n) is 8.20. The maximum atomic E-state index is 14.4. The SMILES string of the molecule is COC(=O)CC[C@@H]1N=C(c2ccccc2F)c2cc(Cl)ccc2CC1=O. The molecular formula is C20H17ClFNO3. The molecule has 0 bridgehead atoms. The number of carbonyl (C=O) groups is 2. The lowest BCUT2D eigenvalue weighted by atomic mass is 9.95. The van der Waals surface area contributed by atoms with E-state index in [0.717, 1.165) is 5.56 Å². The number of aliphatic imine (C=N–C) groups is 1. The number of carbonyl (C=O) groups excluding carboxylic acids is 2. The summed E-state index contributed by atoms with van der Waals surface area (Å²) in [7, 11) is 1.29. The lowest BCUT2D eigenvalue weighted by Crippen LogP contribution is -2.21. The van der Waals surface area contributed by atoms with Crippen molar-refractivity contribution in [1.82, 2.24) is 0 Å². The van der Waals surface area contributed by atoms with E-state index in [9.17, 15) is 14.0 Å². The number of methoxy groups -OCH3 is 1. The van der Waals surface area contributed by atoms with Crippen molar-refractivity contribution in [3.05, 3.63) is 70.0 Å². The molecule has 0 N–H and O–H groups in total. The van der Waals surface area contributed by atoms with Crippen LogP contribution in [0.4, 0.5) is 4.39 Å². The average molecular weight is 374 g/mol. The molecule has 0 aromatic heterocycles. The number of fused-ring (bicyclic) bond motifs is 1. The molecule has 4 nitrogen and oxygen atoms in total. The Labute approximate surface area is 155 Å². The van der Waals surface area contributed by atoms with Crippen LogP contribution in [0.2, 0.25) is 5.02 Å². The van der Waals surface area contributed by atoms with Gasteiger partial charge in [-0.25, -0.2) is 4.39 Å². The van der Waals surface area contributed by atoms with E-state index in [2.05, 4.69) is 9.73 Å². The van der Waals surface area contributed by atoms with Crippen LogP contribution in [0.3, 0.4) is 0 Å².